The Bertz CT molecular complexity index is 2350. The predicted molar refractivity (Wildman–Crippen MR) is 200 cm³/mol. The number of ether oxygens (including phenoxy) is 1. The van der Waals surface area contributed by atoms with E-state index in [-0.39, 0.29) is 11.7 Å². The van der Waals surface area contributed by atoms with Crippen molar-refractivity contribution in [1.29, 1.82) is 0 Å². The molecule has 0 bridgehead atoms. The fourth-order valence-corrected chi connectivity index (χ4v) is 7.75. The lowest BCUT2D eigenvalue weighted by atomic mass is 9.96. The Morgan fingerprint density at radius 1 is 0.878 bits per heavy atom. The Morgan fingerprint density at radius 2 is 1.49 bits per heavy atom. The van der Waals surface area contributed by atoms with Gasteiger partial charge in [-0.25, -0.2) is 9.79 Å². The van der Waals surface area contributed by atoms with Crippen molar-refractivity contribution in [2.75, 3.05) is 6.26 Å². The number of nitrogens with zero attached hydrogens (tertiary/aromatic N) is 3. The molecule has 4 aromatic carbocycles. The number of carbonyl (C=O) groups excluding carboxylic acids is 1. The van der Waals surface area contributed by atoms with Gasteiger partial charge in [-0.05, 0) is 80.1 Å². The van der Waals surface area contributed by atoms with Crippen LogP contribution in [0.2, 0.25) is 0 Å². The Morgan fingerprint density at radius 3 is 2.10 bits per heavy atom. The van der Waals surface area contributed by atoms with E-state index in [1.54, 1.807) is 16.3 Å². The molecular formula is C41H35N3O3S2. The first-order valence-corrected chi connectivity index (χ1v) is 18.2. The molecule has 0 amide bonds. The van der Waals surface area contributed by atoms with Crippen molar-refractivity contribution in [2.24, 2.45) is 4.99 Å². The minimum absolute atomic E-state index is 0.210. The summed E-state index contributed by atoms with van der Waals surface area (Å²) in [5, 5.41) is 0. The summed E-state index contributed by atoms with van der Waals surface area (Å²) in [6.07, 6.45) is 3.67. The summed E-state index contributed by atoms with van der Waals surface area (Å²) in [5.74, 6) is -0.469. The number of thiazole rings is 1. The van der Waals surface area contributed by atoms with Crippen LogP contribution in [0.15, 0.2) is 147 Å². The second-order valence-electron chi connectivity index (χ2n) is 12.0. The van der Waals surface area contributed by atoms with Gasteiger partial charge in [-0.2, -0.15) is 0 Å². The highest BCUT2D eigenvalue weighted by molar-refractivity contribution is 7.98. The molecule has 3 heterocycles. The van der Waals surface area contributed by atoms with Gasteiger partial charge in [0, 0.05) is 16.1 Å². The van der Waals surface area contributed by atoms with Gasteiger partial charge in [-0.1, -0.05) is 102 Å². The number of benzene rings is 4. The highest BCUT2D eigenvalue weighted by Gasteiger charge is 2.34. The summed E-state index contributed by atoms with van der Waals surface area (Å²) < 4.78 is 10.1. The van der Waals surface area contributed by atoms with Crippen LogP contribution >= 0.6 is 23.1 Å². The van der Waals surface area contributed by atoms with E-state index in [9.17, 15) is 9.59 Å². The highest BCUT2D eigenvalue weighted by atomic mass is 32.2. The zero-order valence-corrected chi connectivity index (χ0v) is 29.3. The van der Waals surface area contributed by atoms with Gasteiger partial charge in [0.2, 0.25) is 0 Å². The van der Waals surface area contributed by atoms with Gasteiger partial charge in [-0.15, -0.1) is 11.8 Å². The molecule has 6 aromatic rings. The molecule has 1 aliphatic heterocycles. The second kappa shape index (κ2) is 13.7. The molecular weight excluding hydrogens is 647 g/mol. The maximum atomic E-state index is 14.6. The van der Waals surface area contributed by atoms with Gasteiger partial charge >= 0.3 is 5.97 Å². The van der Waals surface area contributed by atoms with Gasteiger partial charge in [0.15, 0.2) is 4.80 Å². The van der Waals surface area contributed by atoms with E-state index in [4.69, 9.17) is 9.73 Å². The average Bonchev–Trinajstić information content (AvgIpc) is 3.65. The molecule has 1 atom stereocenters. The first-order chi connectivity index (χ1) is 23.8. The van der Waals surface area contributed by atoms with Gasteiger partial charge in [-0.3, -0.25) is 9.36 Å². The zero-order valence-electron chi connectivity index (χ0n) is 27.7. The van der Waals surface area contributed by atoms with Crippen molar-refractivity contribution in [1.82, 2.24) is 9.13 Å². The van der Waals surface area contributed by atoms with E-state index in [0.717, 1.165) is 44.2 Å². The maximum absolute atomic E-state index is 14.6. The molecule has 1 aliphatic rings. The molecule has 244 valence electrons. The molecule has 6 nitrogen and oxygen atoms in total. The Labute approximate surface area is 293 Å². The lowest BCUT2D eigenvalue weighted by molar-refractivity contribution is -0.143. The topological polar surface area (TPSA) is 65.6 Å². The zero-order chi connectivity index (χ0) is 34.1. The van der Waals surface area contributed by atoms with Gasteiger partial charge in [0.1, 0.15) is 0 Å². The maximum Gasteiger partial charge on any atom is 0.338 e. The number of esters is 1. The van der Waals surface area contributed by atoms with Crippen molar-refractivity contribution in [2.45, 2.75) is 37.8 Å². The third-order valence-electron chi connectivity index (χ3n) is 8.46. The molecule has 7 rings (SSSR count). The molecule has 0 fully saturated rings. The van der Waals surface area contributed by atoms with Crippen molar-refractivity contribution in [3.63, 3.8) is 0 Å². The second-order valence-corrected chi connectivity index (χ2v) is 13.9. The number of hydrogen-bond acceptors (Lipinski definition) is 6. The molecule has 0 saturated heterocycles. The van der Waals surface area contributed by atoms with Crippen LogP contribution in [0.4, 0.5) is 0 Å². The van der Waals surface area contributed by atoms with Crippen molar-refractivity contribution < 1.29 is 9.53 Å². The van der Waals surface area contributed by atoms with E-state index >= 15 is 0 Å². The molecule has 0 spiro atoms. The summed E-state index contributed by atoms with van der Waals surface area (Å²) in [6, 6.07) is 40.3. The van der Waals surface area contributed by atoms with Crippen LogP contribution in [0, 0.1) is 0 Å². The molecule has 8 heteroatoms. The number of allylic oxidation sites excluding steroid dienone is 1. The van der Waals surface area contributed by atoms with Crippen molar-refractivity contribution in [3.05, 3.63) is 163 Å². The fraction of sp³-hybridized carbons (Fsp3) is 0.146. The quantitative estimate of drug-likeness (QED) is 0.121. The molecule has 0 N–H and O–H groups in total. The number of rotatable bonds is 8. The summed E-state index contributed by atoms with van der Waals surface area (Å²) in [4.78, 5) is 34.6. The number of aromatic nitrogens is 2. The number of para-hydroxylation sites is 1. The van der Waals surface area contributed by atoms with E-state index in [1.807, 2.05) is 112 Å². The minimum Gasteiger partial charge on any atom is -0.459 e. The van der Waals surface area contributed by atoms with E-state index in [0.29, 0.717) is 20.6 Å². The van der Waals surface area contributed by atoms with Crippen LogP contribution < -0.4 is 14.9 Å². The first kappa shape index (κ1) is 32.4. The highest BCUT2D eigenvalue weighted by Crippen LogP contribution is 2.37. The van der Waals surface area contributed by atoms with Crippen molar-refractivity contribution in [3.8, 4) is 28.2 Å². The van der Waals surface area contributed by atoms with Crippen LogP contribution in [0.5, 0.6) is 0 Å². The van der Waals surface area contributed by atoms with Crippen LogP contribution in [0.3, 0.4) is 0 Å². The molecule has 0 saturated carbocycles. The van der Waals surface area contributed by atoms with Crippen LogP contribution in [-0.2, 0) is 9.53 Å². The minimum atomic E-state index is -0.678. The fourth-order valence-electron chi connectivity index (χ4n) is 6.30. The van der Waals surface area contributed by atoms with E-state index in [1.165, 1.54) is 11.3 Å². The summed E-state index contributed by atoms with van der Waals surface area (Å²) in [7, 11) is 0. The lowest BCUT2D eigenvalue weighted by Gasteiger charge is -2.25. The summed E-state index contributed by atoms with van der Waals surface area (Å²) in [5.41, 5.74) is 7.49. The third-order valence-corrected chi connectivity index (χ3v) is 10.2. The van der Waals surface area contributed by atoms with Gasteiger partial charge < -0.3 is 9.30 Å². The number of thioether (sulfide) groups is 1. The molecule has 0 aliphatic carbocycles. The Kier molecular flexibility index (Phi) is 9.08. The van der Waals surface area contributed by atoms with Crippen molar-refractivity contribution >= 4 is 35.1 Å². The molecule has 0 unspecified atom stereocenters. The van der Waals surface area contributed by atoms with Crippen LogP contribution in [0.1, 0.15) is 37.9 Å². The summed E-state index contributed by atoms with van der Waals surface area (Å²) in [6.45, 7) is 5.46. The smallest absolute Gasteiger partial charge is 0.338 e. The van der Waals surface area contributed by atoms with Crippen LogP contribution in [0.25, 0.3) is 34.3 Å². The average molecular weight is 682 g/mol. The monoisotopic (exact) mass is 681 g/mol. The number of fused-ring (bicyclic) bond motifs is 1. The molecule has 49 heavy (non-hydrogen) atoms. The Hall–Kier alpha value is -5.18. The number of hydrogen-bond donors (Lipinski definition) is 0. The number of carbonyl (C=O) groups is 1. The summed E-state index contributed by atoms with van der Waals surface area (Å²) >= 11 is 2.97. The molecule has 0 radical (unpaired) electrons. The third kappa shape index (κ3) is 6.25. The first-order valence-electron chi connectivity index (χ1n) is 16.1. The standard InChI is InChI=1S/C41H35N3O3S2/c1-26(2)47-40(46)36-27(3)42-41-44(38(36)30-20-22-33(48-4)23-21-30)39(45)35(49-41)25-31-24-34(28-14-8-5-9-15-28)43(32-18-12-7-13-19-32)37(31)29-16-10-6-11-17-29/h5-26,38H,1-4H3/b35-25-/t38-/m0/s1. The van der Waals surface area contributed by atoms with Crippen LogP contribution in [-0.4, -0.2) is 27.5 Å². The molecule has 2 aromatic heterocycles. The lowest BCUT2D eigenvalue weighted by Crippen LogP contribution is -2.40. The Balaban J connectivity index is 1.49. The largest absolute Gasteiger partial charge is 0.459 e. The van der Waals surface area contributed by atoms with Gasteiger partial charge in [0.05, 0.1) is 39.3 Å². The van der Waals surface area contributed by atoms with E-state index < -0.39 is 12.0 Å². The SMILES string of the molecule is CSc1ccc([C@H]2C(C(=O)OC(C)C)=C(C)N=c3s/c(=C\c4cc(-c5ccccc5)n(-c5ccccc5)c4-c4ccccc4)c(=O)n32)cc1. The van der Waals surface area contributed by atoms with E-state index in [2.05, 4.69) is 47.0 Å². The predicted octanol–water partition coefficient (Wildman–Crippen LogP) is 8.03. The van der Waals surface area contributed by atoms with Gasteiger partial charge in [0.25, 0.3) is 5.56 Å². The normalized spacial score (nSPS) is 14.6.